The normalized spacial score (nSPS) is 18.4. The zero-order valence-electron chi connectivity index (χ0n) is 14.9. The number of allylic oxidation sites excluding steroid dienone is 2. The second-order valence-corrected chi connectivity index (χ2v) is 7.37. The number of thioether (sulfide) groups is 1. The van der Waals surface area contributed by atoms with Gasteiger partial charge in [-0.15, -0.1) is 5.10 Å². The van der Waals surface area contributed by atoms with Crippen molar-refractivity contribution < 1.29 is 23.1 Å². The number of carbonyl (C=O) groups excluding carboxylic acids is 2. The van der Waals surface area contributed by atoms with Crippen molar-refractivity contribution in [3.8, 4) is 0 Å². The molecule has 1 N–H and O–H groups in total. The highest BCUT2D eigenvalue weighted by Crippen LogP contribution is 2.40. The fraction of sp³-hybridized carbons (Fsp3) is 0.333. The molecule has 4 rings (SSSR count). The number of benzene rings is 1. The Kier molecular flexibility index (Phi) is 4.88. The number of methoxy groups -OCH3 is 1. The number of ether oxygens (including phenoxy) is 1. The lowest BCUT2D eigenvalue weighted by Crippen LogP contribution is -2.31. The van der Waals surface area contributed by atoms with E-state index in [1.807, 2.05) is 0 Å². The Bertz CT molecular complexity index is 984. The summed E-state index contributed by atoms with van der Waals surface area (Å²) in [5, 5.41) is 7.77. The molecule has 0 saturated carbocycles. The van der Waals surface area contributed by atoms with Crippen molar-refractivity contribution in [2.24, 2.45) is 0 Å². The third-order valence-electron chi connectivity index (χ3n) is 4.60. The highest BCUT2D eigenvalue weighted by atomic mass is 32.2. The van der Waals surface area contributed by atoms with E-state index in [0.717, 1.165) is 17.8 Å². The van der Waals surface area contributed by atoms with Crippen LogP contribution in [0.15, 0.2) is 34.6 Å². The molecule has 2 aliphatic rings. The molecule has 0 fully saturated rings. The molecule has 1 aromatic carbocycles. The third-order valence-corrected chi connectivity index (χ3v) is 5.41. The number of hydrogen-bond donors (Lipinski definition) is 1. The lowest BCUT2D eigenvalue weighted by atomic mass is 9.85. The molecule has 10 heteroatoms. The summed E-state index contributed by atoms with van der Waals surface area (Å²) in [6.45, 7) is 0. The van der Waals surface area contributed by atoms with Gasteiger partial charge in [-0.1, -0.05) is 11.8 Å². The van der Waals surface area contributed by atoms with Crippen LogP contribution in [-0.4, -0.2) is 39.4 Å². The number of rotatable bonds is 4. The van der Waals surface area contributed by atoms with Gasteiger partial charge in [0.05, 0.1) is 12.9 Å². The van der Waals surface area contributed by atoms with E-state index in [2.05, 4.69) is 20.1 Å². The third kappa shape index (κ3) is 3.39. The molecule has 1 atom stereocenters. The first-order chi connectivity index (χ1) is 13.5. The summed E-state index contributed by atoms with van der Waals surface area (Å²) in [5.41, 5.74) is 1.41. The average molecular weight is 406 g/mol. The molecule has 0 bridgehead atoms. The second-order valence-electron chi connectivity index (χ2n) is 6.43. The van der Waals surface area contributed by atoms with E-state index in [0.29, 0.717) is 41.6 Å². The summed E-state index contributed by atoms with van der Waals surface area (Å²) in [7, 11) is 1.29. The molecule has 0 unspecified atom stereocenters. The number of anilines is 1. The molecule has 2 aromatic rings. The highest BCUT2D eigenvalue weighted by Gasteiger charge is 2.37. The van der Waals surface area contributed by atoms with Crippen molar-refractivity contribution >= 4 is 29.5 Å². The quantitative estimate of drug-likeness (QED) is 0.617. The van der Waals surface area contributed by atoms with Crippen LogP contribution in [-0.2, 0) is 14.3 Å². The molecule has 2 heterocycles. The summed E-state index contributed by atoms with van der Waals surface area (Å²) in [6, 6.07) is 2.38. The maximum atomic E-state index is 13.9. The molecule has 0 spiro atoms. The van der Waals surface area contributed by atoms with Gasteiger partial charge in [-0.3, -0.25) is 9.59 Å². The fourth-order valence-electron chi connectivity index (χ4n) is 3.42. The Hall–Kier alpha value is -2.75. The number of aromatic nitrogens is 3. The van der Waals surface area contributed by atoms with Gasteiger partial charge in [0.15, 0.2) is 5.78 Å². The molecule has 1 aliphatic carbocycles. The zero-order chi connectivity index (χ0) is 19.8. The van der Waals surface area contributed by atoms with E-state index in [-0.39, 0.29) is 17.1 Å². The van der Waals surface area contributed by atoms with Crippen LogP contribution in [0, 0.1) is 11.6 Å². The molecule has 0 radical (unpaired) electrons. The van der Waals surface area contributed by atoms with Gasteiger partial charge in [-0.25, -0.2) is 13.5 Å². The number of esters is 1. The van der Waals surface area contributed by atoms with Gasteiger partial charge < -0.3 is 10.1 Å². The first-order valence-electron chi connectivity index (χ1n) is 8.61. The van der Waals surface area contributed by atoms with Gasteiger partial charge in [0.2, 0.25) is 11.1 Å². The number of fused-ring (bicyclic) bond motifs is 1. The largest absolute Gasteiger partial charge is 0.468 e. The number of hydrogen-bond acceptors (Lipinski definition) is 7. The summed E-state index contributed by atoms with van der Waals surface area (Å²) in [6.07, 6.45) is 1.68. The monoisotopic (exact) mass is 406 g/mol. The molecular weight excluding hydrogens is 390 g/mol. The first kappa shape index (κ1) is 18.6. The van der Waals surface area contributed by atoms with Crippen molar-refractivity contribution in [3.05, 3.63) is 46.7 Å². The lowest BCUT2D eigenvalue weighted by molar-refractivity contribution is -0.137. The maximum Gasteiger partial charge on any atom is 0.316 e. The molecule has 28 heavy (non-hydrogen) atoms. The molecule has 7 nitrogen and oxygen atoms in total. The van der Waals surface area contributed by atoms with Gasteiger partial charge in [0, 0.05) is 23.8 Å². The fourth-order valence-corrected chi connectivity index (χ4v) is 4.08. The Morgan fingerprint density at radius 2 is 2.07 bits per heavy atom. The number of carbonyl (C=O) groups is 2. The molecular formula is C18H16F2N4O3S. The van der Waals surface area contributed by atoms with Gasteiger partial charge in [-0.05, 0) is 30.5 Å². The van der Waals surface area contributed by atoms with E-state index in [1.165, 1.54) is 23.9 Å². The summed E-state index contributed by atoms with van der Waals surface area (Å²) < 4.78 is 33.8. The van der Waals surface area contributed by atoms with Gasteiger partial charge in [0.1, 0.15) is 17.7 Å². The molecule has 0 amide bonds. The van der Waals surface area contributed by atoms with Crippen molar-refractivity contribution in [3.63, 3.8) is 0 Å². The molecule has 146 valence electrons. The predicted octanol–water partition coefficient (Wildman–Crippen LogP) is 2.84. The number of nitrogens with zero attached hydrogens (tertiary/aromatic N) is 3. The van der Waals surface area contributed by atoms with Crippen LogP contribution in [0.2, 0.25) is 0 Å². The maximum absolute atomic E-state index is 13.9. The Balaban J connectivity index is 1.79. The SMILES string of the molecule is COC(=O)CSc1nc2n(n1)[C@@H](c1cc(F)cc(F)c1)C1=C(CCCC1=O)N2. The average Bonchev–Trinajstić information content (AvgIpc) is 3.06. The van der Waals surface area contributed by atoms with Crippen LogP contribution in [0.3, 0.4) is 0 Å². The minimum absolute atomic E-state index is 0.0191. The Labute approximate surface area is 163 Å². The summed E-state index contributed by atoms with van der Waals surface area (Å²) in [4.78, 5) is 28.4. The van der Waals surface area contributed by atoms with Gasteiger partial charge >= 0.3 is 5.97 Å². The number of halogens is 2. The van der Waals surface area contributed by atoms with E-state index in [9.17, 15) is 18.4 Å². The van der Waals surface area contributed by atoms with Crippen LogP contribution in [0.1, 0.15) is 30.9 Å². The van der Waals surface area contributed by atoms with E-state index in [4.69, 9.17) is 0 Å². The second kappa shape index (κ2) is 7.34. The standard InChI is InChI=1S/C18H16F2N4O3S/c1-27-14(26)8-28-18-22-17-21-12-3-2-4-13(25)15(12)16(24(17)23-18)9-5-10(19)7-11(20)6-9/h5-7,16H,2-4,8H2,1H3,(H,21,22,23)/t16-/m0/s1. The summed E-state index contributed by atoms with van der Waals surface area (Å²) >= 11 is 1.08. The highest BCUT2D eigenvalue weighted by molar-refractivity contribution is 7.99. The predicted molar refractivity (Wildman–Crippen MR) is 96.8 cm³/mol. The zero-order valence-corrected chi connectivity index (χ0v) is 15.7. The Morgan fingerprint density at radius 1 is 1.32 bits per heavy atom. The smallest absolute Gasteiger partial charge is 0.316 e. The van der Waals surface area contributed by atoms with Crippen LogP contribution < -0.4 is 5.32 Å². The van der Waals surface area contributed by atoms with Crippen LogP contribution in [0.4, 0.5) is 14.7 Å². The molecule has 1 aromatic heterocycles. The van der Waals surface area contributed by atoms with E-state index < -0.39 is 23.6 Å². The van der Waals surface area contributed by atoms with Gasteiger partial charge in [0.25, 0.3) is 0 Å². The molecule has 1 aliphatic heterocycles. The number of nitrogens with one attached hydrogen (secondary N) is 1. The minimum atomic E-state index is -0.788. The molecule has 0 saturated heterocycles. The number of Topliss-reactive ketones (excluding diaryl/α,β-unsaturated/α-hetero) is 1. The topological polar surface area (TPSA) is 86.1 Å². The van der Waals surface area contributed by atoms with E-state index in [1.54, 1.807) is 0 Å². The van der Waals surface area contributed by atoms with Crippen LogP contribution in [0.25, 0.3) is 0 Å². The van der Waals surface area contributed by atoms with Crippen molar-refractivity contribution in [2.45, 2.75) is 30.5 Å². The van der Waals surface area contributed by atoms with Crippen molar-refractivity contribution in [1.29, 1.82) is 0 Å². The van der Waals surface area contributed by atoms with Crippen molar-refractivity contribution in [1.82, 2.24) is 14.8 Å². The van der Waals surface area contributed by atoms with E-state index >= 15 is 0 Å². The minimum Gasteiger partial charge on any atom is -0.468 e. The van der Waals surface area contributed by atoms with Gasteiger partial charge in [-0.2, -0.15) is 4.98 Å². The first-order valence-corrected chi connectivity index (χ1v) is 9.60. The van der Waals surface area contributed by atoms with Crippen LogP contribution in [0.5, 0.6) is 0 Å². The van der Waals surface area contributed by atoms with Crippen LogP contribution >= 0.6 is 11.8 Å². The Morgan fingerprint density at radius 3 is 2.79 bits per heavy atom. The lowest BCUT2D eigenvalue weighted by Gasteiger charge is -2.32. The number of ketones is 1. The van der Waals surface area contributed by atoms with Crippen molar-refractivity contribution in [2.75, 3.05) is 18.2 Å². The summed E-state index contributed by atoms with van der Waals surface area (Å²) in [5.74, 6) is -1.61.